The fourth-order valence-electron chi connectivity index (χ4n) is 2.37. The van der Waals surface area contributed by atoms with Crippen molar-refractivity contribution >= 4 is 11.0 Å². The first kappa shape index (κ1) is 13.7. The van der Waals surface area contributed by atoms with E-state index in [1.807, 2.05) is 18.2 Å². The van der Waals surface area contributed by atoms with Gasteiger partial charge in [-0.1, -0.05) is 32.0 Å². The average molecular weight is 280 g/mol. The first-order valence-corrected chi connectivity index (χ1v) is 7.52. The highest BCUT2D eigenvalue weighted by molar-refractivity contribution is 5.80. The Kier molecular flexibility index (Phi) is 3.91. The first-order valence-electron chi connectivity index (χ1n) is 7.52. The molecule has 3 rings (SSSR count). The summed E-state index contributed by atoms with van der Waals surface area (Å²) in [5.74, 6) is 1.78. The van der Waals surface area contributed by atoms with Crippen LogP contribution in [0.15, 0.2) is 42.5 Å². The molecule has 1 heterocycles. The van der Waals surface area contributed by atoms with E-state index in [4.69, 9.17) is 4.74 Å². The van der Waals surface area contributed by atoms with Crippen LogP contribution in [0.2, 0.25) is 0 Å². The number of ether oxygens (including phenoxy) is 1. The zero-order chi connectivity index (χ0) is 14.7. The minimum absolute atomic E-state index is 0.740. The van der Waals surface area contributed by atoms with Gasteiger partial charge in [0.15, 0.2) is 0 Å². The van der Waals surface area contributed by atoms with E-state index in [9.17, 15) is 0 Å². The van der Waals surface area contributed by atoms with Crippen LogP contribution >= 0.6 is 0 Å². The first-order chi connectivity index (χ1) is 10.3. The van der Waals surface area contributed by atoms with Crippen molar-refractivity contribution in [2.75, 3.05) is 6.61 Å². The molecule has 108 valence electrons. The van der Waals surface area contributed by atoms with Gasteiger partial charge in [-0.15, -0.1) is 0 Å². The van der Waals surface area contributed by atoms with Crippen molar-refractivity contribution in [3.8, 4) is 17.1 Å². The molecule has 1 aromatic heterocycles. The van der Waals surface area contributed by atoms with E-state index in [-0.39, 0.29) is 0 Å². The molecule has 0 bridgehead atoms. The molecule has 2 aromatic carbocycles. The molecule has 0 aliphatic carbocycles. The Hall–Kier alpha value is -2.29. The van der Waals surface area contributed by atoms with Gasteiger partial charge in [-0.25, -0.2) is 4.98 Å². The second-order valence-electron chi connectivity index (χ2n) is 5.17. The molecule has 3 aromatic rings. The van der Waals surface area contributed by atoms with E-state index in [2.05, 4.69) is 48.1 Å². The highest BCUT2D eigenvalue weighted by Gasteiger charge is 2.06. The Labute approximate surface area is 125 Å². The van der Waals surface area contributed by atoms with Gasteiger partial charge in [0, 0.05) is 5.56 Å². The van der Waals surface area contributed by atoms with E-state index in [1.54, 1.807) is 0 Å². The monoisotopic (exact) mass is 280 g/mol. The van der Waals surface area contributed by atoms with Gasteiger partial charge in [0.05, 0.1) is 17.6 Å². The number of fused-ring (bicyclic) bond motifs is 1. The largest absolute Gasteiger partial charge is 0.494 e. The van der Waals surface area contributed by atoms with Crippen LogP contribution in [0.4, 0.5) is 0 Å². The van der Waals surface area contributed by atoms with Gasteiger partial charge >= 0.3 is 0 Å². The van der Waals surface area contributed by atoms with Crippen molar-refractivity contribution in [3.05, 3.63) is 48.0 Å². The van der Waals surface area contributed by atoms with Gasteiger partial charge < -0.3 is 9.72 Å². The van der Waals surface area contributed by atoms with Crippen molar-refractivity contribution < 1.29 is 4.74 Å². The number of hydrogen-bond acceptors (Lipinski definition) is 2. The third-order valence-electron chi connectivity index (χ3n) is 3.53. The summed E-state index contributed by atoms with van der Waals surface area (Å²) >= 11 is 0. The van der Waals surface area contributed by atoms with Gasteiger partial charge in [-0.3, -0.25) is 0 Å². The number of aryl methyl sites for hydroxylation is 1. The maximum Gasteiger partial charge on any atom is 0.138 e. The number of rotatable bonds is 5. The van der Waals surface area contributed by atoms with Crippen LogP contribution in [-0.2, 0) is 6.42 Å². The number of aromatic nitrogens is 2. The smallest absolute Gasteiger partial charge is 0.138 e. The zero-order valence-corrected chi connectivity index (χ0v) is 12.5. The molecule has 0 atom stereocenters. The van der Waals surface area contributed by atoms with Crippen LogP contribution in [-0.4, -0.2) is 16.6 Å². The zero-order valence-electron chi connectivity index (χ0n) is 12.5. The number of nitrogens with zero attached hydrogens (tertiary/aromatic N) is 1. The molecule has 0 saturated carbocycles. The molecule has 0 fully saturated rings. The number of hydrogen-bond donors (Lipinski definition) is 1. The van der Waals surface area contributed by atoms with Crippen LogP contribution in [0.5, 0.6) is 5.75 Å². The second-order valence-corrected chi connectivity index (χ2v) is 5.17. The molecule has 0 saturated heterocycles. The molecule has 0 spiro atoms. The highest BCUT2D eigenvalue weighted by Crippen LogP contribution is 2.24. The summed E-state index contributed by atoms with van der Waals surface area (Å²) in [4.78, 5) is 8.07. The Morgan fingerprint density at radius 2 is 2.00 bits per heavy atom. The van der Waals surface area contributed by atoms with Crippen molar-refractivity contribution in [3.63, 3.8) is 0 Å². The quantitative estimate of drug-likeness (QED) is 0.742. The van der Waals surface area contributed by atoms with Gasteiger partial charge in [0.25, 0.3) is 0 Å². The van der Waals surface area contributed by atoms with E-state index in [0.717, 1.165) is 47.6 Å². The van der Waals surface area contributed by atoms with Crippen molar-refractivity contribution in [2.45, 2.75) is 26.7 Å². The van der Waals surface area contributed by atoms with Crippen molar-refractivity contribution in [1.29, 1.82) is 0 Å². The number of benzene rings is 2. The van der Waals surface area contributed by atoms with Gasteiger partial charge in [0.1, 0.15) is 11.6 Å². The SMILES string of the molecule is CCCOc1cccc(-c2nc3ccc(CC)cc3[nH]2)c1. The lowest BCUT2D eigenvalue weighted by molar-refractivity contribution is 0.317. The summed E-state index contributed by atoms with van der Waals surface area (Å²) in [6, 6.07) is 14.5. The van der Waals surface area contributed by atoms with Crippen molar-refractivity contribution in [2.24, 2.45) is 0 Å². The summed E-state index contributed by atoms with van der Waals surface area (Å²) < 4.78 is 5.69. The number of imidazole rings is 1. The topological polar surface area (TPSA) is 37.9 Å². The fourth-order valence-corrected chi connectivity index (χ4v) is 2.37. The minimum atomic E-state index is 0.740. The molecule has 3 heteroatoms. The lowest BCUT2D eigenvalue weighted by atomic mass is 10.1. The van der Waals surface area contributed by atoms with Gasteiger partial charge in [-0.05, 0) is 42.7 Å². The molecule has 21 heavy (non-hydrogen) atoms. The van der Waals surface area contributed by atoms with Crippen LogP contribution in [0, 0.1) is 0 Å². The van der Waals surface area contributed by atoms with Gasteiger partial charge in [0.2, 0.25) is 0 Å². The summed E-state index contributed by atoms with van der Waals surface area (Å²) in [6.07, 6.45) is 2.04. The molecule has 0 aliphatic heterocycles. The van der Waals surface area contributed by atoms with E-state index in [1.165, 1.54) is 5.56 Å². The highest BCUT2D eigenvalue weighted by atomic mass is 16.5. The Bertz CT molecular complexity index is 746. The molecule has 0 unspecified atom stereocenters. The minimum Gasteiger partial charge on any atom is -0.494 e. The summed E-state index contributed by atoms with van der Waals surface area (Å²) in [6.45, 7) is 5.00. The number of H-pyrrole nitrogens is 1. The van der Waals surface area contributed by atoms with Crippen molar-refractivity contribution in [1.82, 2.24) is 9.97 Å². The molecule has 1 N–H and O–H groups in total. The lowest BCUT2D eigenvalue weighted by Crippen LogP contribution is -1.94. The molecule has 0 aliphatic rings. The Balaban J connectivity index is 1.96. The predicted molar refractivity (Wildman–Crippen MR) is 86.7 cm³/mol. The van der Waals surface area contributed by atoms with Gasteiger partial charge in [-0.2, -0.15) is 0 Å². The molecule has 0 radical (unpaired) electrons. The third-order valence-corrected chi connectivity index (χ3v) is 3.53. The Morgan fingerprint density at radius 3 is 2.81 bits per heavy atom. The van der Waals surface area contributed by atoms with Crippen LogP contribution in [0.25, 0.3) is 22.4 Å². The van der Waals surface area contributed by atoms with Crippen LogP contribution in [0.3, 0.4) is 0 Å². The number of aromatic amines is 1. The van der Waals surface area contributed by atoms with E-state index >= 15 is 0 Å². The average Bonchev–Trinajstić information content (AvgIpc) is 2.96. The molecular formula is C18H20N2O. The lowest BCUT2D eigenvalue weighted by Gasteiger charge is -2.05. The summed E-state index contributed by atoms with van der Waals surface area (Å²) in [7, 11) is 0. The standard InChI is InChI=1S/C18H20N2O/c1-3-10-21-15-7-5-6-14(12-15)18-19-16-9-8-13(4-2)11-17(16)20-18/h5-9,11-12H,3-4,10H2,1-2H3,(H,19,20). The van der Waals surface area contributed by atoms with E-state index in [0.29, 0.717) is 0 Å². The molecule has 3 nitrogen and oxygen atoms in total. The predicted octanol–water partition coefficient (Wildman–Crippen LogP) is 4.58. The molecule has 0 amide bonds. The second kappa shape index (κ2) is 6.00. The van der Waals surface area contributed by atoms with E-state index < -0.39 is 0 Å². The fraction of sp³-hybridized carbons (Fsp3) is 0.278. The third kappa shape index (κ3) is 2.92. The summed E-state index contributed by atoms with van der Waals surface area (Å²) in [5.41, 5.74) is 4.46. The Morgan fingerprint density at radius 1 is 1.10 bits per heavy atom. The van der Waals surface area contributed by atoms with Crippen LogP contribution < -0.4 is 4.74 Å². The maximum absolute atomic E-state index is 5.69. The molecular weight excluding hydrogens is 260 g/mol. The maximum atomic E-state index is 5.69. The van der Waals surface area contributed by atoms with Crippen LogP contribution in [0.1, 0.15) is 25.8 Å². The normalized spacial score (nSPS) is 11.0. The summed E-state index contributed by atoms with van der Waals surface area (Å²) in [5, 5.41) is 0. The number of nitrogens with one attached hydrogen (secondary N) is 1.